The average Bonchev–Trinajstić information content (AvgIpc) is 3.43. The summed E-state index contributed by atoms with van der Waals surface area (Å²) in [6, 6.07) is 14.1. The van der Waals surface area contributed by atoms with Crippen LogP contribution in [-0.2, 0) is 21.5 Å². The molecule has 6 nitrogen and oxygen atoms in total. The third-order valence-electron chi connectivity index (χ3n) is 7.80. The highest BCUT2D eigenvalue weighted by molar-refractivity contribution is 5.48. The van der Waals surface area contributed by atoms with Crippen molar-refractivity contribution in [3.8, 4) is 12.3 Å². The summed E-state index contributed by atoms with van der Waals surface area (Å²) >= 11 is 0. The molecular formula is C26H29N3O3. The predicted molar refractivity (Wildman–Crippen MR) is 121 cm³/mol. The van der Waals surface area contributed by atoms with Crippen molar-refractivity contribution < 1.29 is 14.6 Å². The number of benzene rings is 1. The van der Waals surface area contributed by atoms with Crippen LogP contribution in [0.3, 0.4) is 0 Å². The Morgan fingerprint density at radius 3 is 2.47 bits per heavy atom. The molecule has 5 aliphatic rings. The number of aromatic nitrogens is 1. The molecule has 1 aromatic heterocycles. The van der Waals surface area contributed by atoms with Gasteiger partial charge in [-0.25, -0.2) is 4.98 Å². The first kappa shape index (κ1) is 20.2. The summed E-state index contributed by atoms with van der Waals surface area (Å²) in [6.45, 7) is 3.84. The maximum Gasteiger partial charge on any atom is 0.147 e. The minimum absolute atomic E-state index is 0.103. The molecule has 0 radical (unpaired) electrons. The van der Waals surface area contributed by atoms with Gasteiger partial charge in [0.1, 0.15) is 36.5 Å². The highest BCUT2D eigenvalue weighted by Crippen LogP contribution is 2.48. The van der Waals surface area contributed by atoms with Crippen LogP contribution in [0.25, 0.3) is 0 Å². The minimum atomic E-state index is -1.07. The van der Waals surface area contributed by atoms with Crippen LogP contribution in [0.4, 0.5) is 5.82 Å². The van der Waals surface area contributed by atoms with Gasteiger partial charge in [-0.05, 0) is 43.5 Å². The molecular weight excluding hydrogens is 402 g/mol. The average molecular weight is 432 g/mol. The molecule has 6 heteroatoms. The van der Waals surface area contributed by atoms with Crippen LogP contribution < -0.4 is 4.90 Å². The van der Waals surface area contributed by atoms with Gasteiger partial charge in [-0.2, -0.15) is 0 Å². The molecule has 2 bridgehead atoms. The summed E-state index contributed by atoms with van der Waals surface area (Å²) in [5.74, 6) is 3.98. The normalized spacial score (nSPS) is 35.6. The van der Waals surface area contributed by atoms with E-state index in [0.717, 1.165) is 56.1 Å². The molecule has 5 saturated heterocycles. The van der Waals surface area contributed by atoms with E-state index in [1.807, 2.05) is 24.3 Å². The lowest BCUT2D eigenvalue weighted by Gasteiger charge is -2.54. The van der Waals surface area contributed by atoms with E-state index in [0.29, 0.717) is 13.2 Å². The molecule has 5 fully saturated rings. The molecule has 7 rings (SSSR count). The molecule has 1 unspecified atom stereocenters. The van der Waals surface area contributed by atoms with Crippen molar-refractivity contribution >= 4 is 5.82 Å². The number of terminal acetylenes is 1. The monoisotopic (exact) mass is 431 g/mol. The molecule has 0 spiro atoms. The standard InChI is InChI=1S/C26H29N3O3/c1-2-24-26(30,19-10-12-28(24)13-11-19)20-8-9-25(29-15-22-23(16-29)32-17-31-22)27-21(20)14-18-6-4-3-5-7-18/h1,3-9,19,22-24,30H,10-17H2/t22-,23+,24?,26-/m1/s1. The number of aliphatic hydroxyl groups is 1. The van der Waals surface area contributed by atoms with E-state index in [-0.39, 0.29) is 24.2 Å². The van der Waals surface area contributed by atoms with Crippen LogP contribution >= 0.6 is 0 Å². The fourth-order valence-electron chi connectivity index (χ4n) is 6.12. The van der Waals surface area contributed by atoms with E-state index < -0.39 is 5.60 Å². The number of fused-ring (bicyclic) bond motifs is 4. The Balaban J connectivity index is 1.41. The van der Waals surface area contributed by atoms with Crippen LogP contribution in [0.15, 0.2) is 42.5 Å². The quantitative estimate of drug-likeness (QED) is 0.749. The molecule has 1 aromatic carbocycles. The Bertz CT molecular complexity index is 1020. The zero-order chi connectivity index (χ0) is 21.7. The Labute approximate surface area is 189 Å². The number of hydrogen-bond acceptors (Lipinski definition) is 6. The van der Waals surface area contributed by atoms with Crippen molar-refractivity contribution in [3.63, 3.8) is 0 Å². The van der Waals surface area contributed by atoms with Crippen molar-refractivity contribution in [3.05, 3.63) is 59.3 Å². The minimum Gasteiger partial charge on any atom is -0.382 e. The molecule has 32 heavy (non-hydrogen) atoms. The van der Waals surface area contributed by atoms with Crippen molar-refractivity contribution in [2.45, 2.75) is 43.1 Å². The third kappa shape index (κ3) is 3.15. The molecule has 5 aliphatic heterocycles. The van der Waals surface area contributed by atoms with Crippen molar-refractivity contribution in [2.24, 2.45) is 5.92 Å². The lowest BCUT2D eigenvalue weighted by atomic mass is 9.66. The number of hydrogen-bond donors (Lipinski definition) is 1. The largest absolute Gasteiger partial charge is 0.382 e. The van der Waals surface area contributed by atoms with Crippen LogP contribution in [-0.4, -0.2) is 66.2 Å². The highest BCUT2D eigenvalue weighted by Gasteiger charge is 2.54. The lowest BCUT2D eigenvalue weighted by molar-refractivity contribution is -0.143. The zero-order valence-electron chi connectivity index (χ0n) is 18.2. The van der Waals surface area contributed by atoms with E-state index in [2.05, 4.69) is 33.9 Å². The summed E-state index contributed by atoms with van der Waals surface area (Å²) in [7, 11) is 0. The second-order valence-electron chi connectivity index (χ2n) is 9.46. The second-order valence-corrected chi connectivity index (χ2v) is 9.46. The Morgan fingerprint density at radius 2 is 1.78 bits per heavy atom. The smallest absolute Gasteiger partial charge is 0.147 e. The highest BCUT2D eigenvalue weighted by atomic mass is 16.7. The summed E-state index contributed by atoms with van der Waals surface area (Å²) in [4.78, 5) is 9.61. The number of anilines is 1. The number of nitrogens with zero attached hydrogens (tertiary/aromatic N) is 3. The topological polar surface area (TPSA) is 58.1 Å². The maximum absolute atomic E-state index is 12.2. The Hall–Kier alpha value is -2.43. The molecule has 4 atom stereocenters. The van der Waals surface area contributed by atoms with Gasteiger partial charge in [0, 0.05) is 25.1 Å². The Kier molecular flexibility index (Phi) is 4.96. The van der Waals surface area contributed by atoms with Gasteiger partial charge in [0.15, 0.2) is 0 Å². The lowest BCUT2D eigenvalue weighted by Crippen LogP contribution is -2.63. The van der Waals surface area contributed by atoms with Crippen molar-refractivity contribution in [1.29, 1.82) is 0 Å². The summed E-state index contributed by atoms with van der Waals surface area (Å²) in [5.41, 5.74) is 1.89. The fraction of sp³-hybridized carbons (Fsp3) is 0.500. The van der Waals surface area contributed by atoms with Gasteiger partial charge in [0.2, 0.25) is 0 Å². The van der Waals surface area contributed by atoms with Crippen molar-refractivity contribution in [1.82, 2.24) is 9.88 Å². The van der Waals surface area contributed by atoms with Gasteiger partial charge in [0.05, 0.1) is 5.69 Å². The molecule has 0 amide bonds. The zero-order valence-corrected chi connectivity index (χ0v) is 18.2. The van der Waals surface area contributed by atoms with Crippen LogP contribution in [0.5, 0.6) is 0 Å². The molecule has 0 saturated carbocycles. The first-order valence-corrected chi connectivity index (χ1v) is 11.6. The van der Waals surface area contributed by atoms with Crippen LogP contribution in [0, 0.1) is 18.3 Å². The van der Waals surface area contributed by atoms with Gasteiger partial charge in [-0.15, -0.1) is 6.42 Å². The Morgan fingerprint density at radius 1 is 1.06 bits per heavy atom. The first-order chi connectivity index (χ1) is 15.7. The molecule has 1 N–H and O–H groups in total. The van der Waals surface area contributed by atoms with Gasteiger partial charge in [0.25, 0.3) is 0 Å². The number of piperidine rings is 3. The SMILES string of the molecule is C#CC1N2CCC(CC2)[C@@]1(O)c1ccc(N2C[C@@H]3OCO[C@@H]3C2)nc1Cc1ccccc1. The van der Waals surface area contributed by atoms with Gasteiger partial charge in [-0.1, -0.05) is 42.3 Å². The predicted octanol–water partition coefficient (Wildman–Crippen LogP) is 2.15. The maximum atomic E-state index is 12.2. The van der Waals surface area contributed by atoms with Gasteiger partial charge >= 0.3 is 0 Å². The van der Waals surface area contributed by atoms with E-state index in [4.69, 9.17) is 20.9 Å². The molecule has 166 valence electrons. The summed E-state index contributed by atoms with van der Waals surface area (Å²) in [6.07, 6.45) is 8.77. The molecule has 6 heterocycles. The van der Waals surface area contributed by atoms with Gasteiger partial charge < -0.3 is 19.5 Å². The summed E-state index contributed by atoms with van der Waals surface area (Å²) < 4.78 is 11.4. The van der Waals surface area contributed by atoms with Gasteiger partial charge in [-0.3, -0.25) is 4.90 Å². The van der Waals surface area contributed by atoms with Crippen LogP contribution in [0.2, 0.25) is 0 Å². The molecule has 0 aliphatic carbocycles. The van der Waals surface area contributed by atoms with E-state index in [1.165, 1.54) is 5.56 Å². The first-order valence-electron chi connectivity index (χ1n) is 11.6. The second kappa shape index (κ2) is 7.86. The number of rotatable bonds is 4. The van der Waals surface area contributed by atoms with E-state index in [1.54, 1.807) is 0 Å². The fourth-order valence-corrected chi connectivity index (χ4v) is 6.12. The number of pyridine rings is 1. The van der Waals surface area contributed by atoms with Crippen LogP contribution in [0.1, 0.15) is 29.7 Å². The summed E-state index contributed by atoms with van der Waals surface area (Å²) in [5, 5.41) is 12.2. The van der Waals surface area contributed by atoms with E-state index in [9.17, 15) is 5.11 Å². The third-order valence-corrected chi connectivity index (χ3v) is 7.80. The van der Waals surface area contributed by atoms with Crippen molar-refractivity contribution in [2.75, 3.05) is 37.9 Å². The number of ether oxygens (including phenoxy) is 2. The molecule has 2 aromatic rings. The van der Waals surface area contributed by atoms with E-state index >= 15 is 0 Å².